The Hall–Kier alpha value is -3.35. The molecule has 0 spiro atoms. The van der Waals surface area contributed by atoms with Gasteiger partial charge >= 0.3 is 12.1 Å². The zero-order valence-electron chi connectivity index (χ0n) is 20.2. The lowest BCUT2D eigenvalue weighted by Gasteiger charge is -2.25. The molecule has 186 valence electrons. The Bertz CT molecular complexity index is 1020. The SMILES string of the molecule is CCCC(CC(=O)N(CCC(=O)O)CC1CC1)NC(=O)OCC1c2ccccc2-c2ccccc21. The number of fused-ring (bicyclic) bond motifs is 3. The van der Waals surface area contributed by atoms with Crippen molar-refractivity contribution in [1.82, 2.24) is 10.2 Å². The minimum atomic E-state index is -0.916. The second kappa shape index (κ2) is 11.4. The molecule has 0 heterocycles. The van der Waals surface area contributed by atoms with E-state index in [-0.39, 0.29) is 43.9 Å². The maximum absolute atomic E-state index is 13.0. The summed E-state index contributed by atoms with van der Waals surface area (Å²) in [6, 6.07) is 16.0. The lowest BCUT2D eigenvalue weighted by Crippen LogP contribution is -2.42. The minimum absolute atomic E-state index is 0.0236. The number of nitrogens with zero attached hydrogens (tertiary/aromatic N) is 1. The Morgan fingerprint density at radius 3 is 2.26 bits per heavy atom. The molecule has 2 aliphatic carbocycles. The summed E-state index contributed by atoms with van der Waals surface area (Å²) >= 11 is 0. The Labute approximate surface area is 206 Å². The van der Waals surface area contributed by atoms with Crippen LogP contribution in [-0.2, 0) is 14.3 Å². The molecule has 0 saturated heterocycles. The number of carbonyl (C=O) groups is 3. The van der Waals surface area contributed by atoms with Gasteiger partial charge in [-0.05, 0) is 47.4 Å². The van der Waals surface area contributed by atoms with Gasteiger partial charge in [-0.1, -0.05) is 61.9 Å². The summed E-state index contributed by atoms with van der Waals surface area (Å²) in [5, 5.41) is 11.9. The number of hydrogen-bond acceptors (Lipinski definition) is 4. The molecule has 0 bridgehead atoms. The average Bonchev–Trinajstić information content (AvgIpc) is 3.61. The first kappa shape index (κ1) is 24.8. The topological polar surface area (TPSA) is 95.9 Å². The van der Waals surface area contributed by atoms with E-state index in [1.54, 1.807) is 4.90 Å². The van der Waals surface area contributed by atoms with E-state index in [0.717, 1.165) is 30.4 Å². The molecular formula is C28H34N2O5. The fourth-order valence-electron chi connectivity index (χ4n) is 4.88. The third-order valence-corrected chi connectivity index (χ3v) is 6.85. The fraction of sp³-hybridized carbons (Fsp3) is 0.464. The number of hydrogen-bond donors (Lipinski definition) is 2. The monoisotopic (exact) mass is 478 g/mol. The fourth-order valence-corrected chi connectivity index (χ4v) is 4.88. The molecule has 2 aliphatic rings. The van der Waals surface area contributed by atoms with E-state index in [1.807, 2.05) is 31.2 Å². The van der Waals surface area contributed by atoms with Crippen LogP contribution in [0, 0.1) is 5.92 Å². The van der Waals surface area contributed by atoms with Gasteiger partial charge in [-0.25, -0.2) is 4.79 Å². The van der Waals surface area contributed by atoms with Crippen LogP contribution in [0.15, 0.2) is 48.5 Å². The third kappa shape index (κ3) is 6.41. The maximum Gasteiger partial charge on any atom is 0.407 e. The third-order valence-electron chi connectivity index (χ3n) is 6.85. The highest BCUT2D eigenvalue weighted by Crippen LogP contribution is 2.44. The molecule has 4 rings (SSSR count). The van der Waals surface area contributed by atoms with Crippen molar-refractivity contribution in [2.75, 3.05) is 19.7 Å². The van der Waals surface area contributed by atoms with Crippen LogP contribution in [0.3, 0.4) is 0 Å². The minimum Gasteiger partial charge on any atom is -0.481 e. The molecule has 0 aliphatic heterocycles. The molecule has 1 unspecified atom stereocenters. The highest BCUT2D eigenvalue weighted by molar-refractivity contribution is 5.80. The normalized spacial score (nSPS) is 15.1. The quantitative estimate of drug-likeness (QED) is 0.457. The van der Waals surface area contributed by atoms with Gasteiger partial charge in [-0.15, -0.1) is 0 Å². The first-order valence-electron chi connectivity index (χ1n) is 12.6. The van der Waals surface area contributed by atoms with E-state index in [0.29, 0.717) is 18.9 Å². The van der Waals surface area contributed by atoms with Crippen LogP contribution in [0.5, 0.6) is 0 Å². The average molecular weight is 479 g/mol. The first-order valence-corrected chi connectivity index (χ1v) is 12.6. The first-order chi connectivity index (χ1) is 17.0. The van der Waals surface area contributed by atoms with Crippen molar-refractivity contribution < 1.29 is 24.2 Å². The number of carboxylic acids is 1. The van der Waals surface area contributed by atoms with Crippen LogP contribution < -0.4 is 5.32 Å². The van der Waals surface area contributed by atoms with Gasteiger partial charge in [0.15, 0.2) is 0 Å². The molecular weight excluding hydrogens is 444 g/mol. The lowest BCUT2D eigenvalue weighted by molar-refractivity contribution is -0.138. The predicted octanol–water partition coefficient (Wildman–Crippen LogP) is 4.80. The van der Waals surface area contributed by atoms with Crippen LogP contribution in [0.25, 0.3) is 11.1 Å². The van der Waals surface area contributed by atoms with Crippen molar-refractivity contribution >= 4 is 18.0 Å². The van der Waals surface area contributed by atoms with Gasteiger partial charge in [0.05, 0.1) is 6.42 Å². The predicted molar refractivity (Wildman–Crippen MR) is 133 cm³/mol. The summed E-state index contributed by atoms with van der Waals surface area (Å²) in [5.74, 6) is -0.590. The number of alkyl carbamates (subject to hydrolysis) is 1. The van der Waals surface area contributed by atoms with Crippen LogP contribution in [-0.4, -0.2) is 53.7 Å². The van der Waals surface area contributed by atoms with Crippen LogP contribution >= 0.6 is 0 Å². The van der Waals surface area contributed by atoms with Gasteiger partial charge in [0.2, 0.25) is 5.91 Å². The summed E-state index contributed by atoms with van der Waals surface area (Å²) in [5.41, 5.74) is 4.64. The highest BCUT2D eigenvalue weighted by atomic mass is 16.5. The highest BCUT2D eigenvalue weighted by Gasteiger charge is 2.30. The summed E-state index contributed by atoms with van der Waals surface area (Å²) in [6.45, 7) is 3.02. The number of benzene rings is 2. The van der Waals surface area contributed by atoms with Crippen molar-refractivity contribution in [3.63, 3.8) is 0 Å². The number of aliphatic carboxylic acids is 1. The molecule has 0 aromatic heterocycles. The van der Waals surface area contributed by atoms with Crippen LogP contribution in [0.4, 0.5) is 4.79 Å². The second-order valence-electron chi connectivity index (χ2n) is 9.59. The molecule has 1 atom stereocenters. The second-order valence-corrected chi connectivity index (χ2v) is 9.59. The number of rotatable bonds is 12. The summed E-state index contributed by atoms with van der Waals surface area (Å²) in [7, 11) is 0. The molecule has 0 radical (unpaired) electrons. The van der Waals surface area contributed by atoms with E-state index >= 15 is 0 Å². The summed E-state index contributed by atoms with van der Waals surface area (Å²) in [4.78, 5) is 38.4. The number of ether oxygens (including phenoxy) is 1. The lowest BCUT2D eigenvalue weighted by atomic mass is 9.98. The molecule has 1 fully saturated rings. The van der Waals surface area contributed by atoms with E-state index in [2.05, 4.69) is 29.6 Å². The van der Waals surface area contributed by atoms with Crippen molar-refractivity contribution in [2.24, 2.45) is 5.92 Å². The van der Waals surface area contributed by atoms with Gasteiger partial charge in [0.25, 0.3) is 0 Å². The van der Waals surface area contributed by atoms with Gasteiger partial charge in [-0.2, -0.15) is 0 Å². The standard InChI is InChI=1S/C28H34N2O5/c1-2-7-20(16-26(31)30(15-14-27(32)33)17-19-12-13-19)29-28(34)35-18-25-23-10-5-3-8-21(23)22-9-4-6-11-24(22)25/h3-6,8-11,19-20,25H,2,7,12-18H2,1H3,(H,29,34)(H,32,33). The van der Waals surface area contributed by atoms with Crippen LogP contribution in [0.2, 0.25) is 0 Å². The molecule has 1 saturated carbocycles. The Morgan fingerprint density at radius 2 is 1.69 bits per heavy atom. The number of carbonyl (C=O) groups excluding carboxylic acids is 2. The smallest absolute Gasteiger partial charge is 0.407 e. The van der Waals surface area contributed by atoms with E-state index < -0.39 is 12.1 Å². The van der Waals surface area contributed by atoms with Crippen molar-refractivity contribution in [2.45, 2.75) is 57.4 Å². The summed E-state index contributed by atoms with van der Waals surface area (Å²) in [6.07, 6.45) is 3.14. The number of amides is 2. The van der Waals surface area contributed by atoms with E-state index in [4.69, 9.17) is 9.84 Å². The molecule has 2 aromatic rings. The van der Waals surface area contributed by atoms with Gasteiger partial charge in [-0.3, -0.25) is 9.59 Å². The summed E-state index contributed by atoms with van der Waals surface area (Å²) < 4.78 is 5.66. The Balaban J connectivity index is 1.35. The maximum atomic E-state index is 13.0. The van der Waals surface area contributed by atoms with E-state index in [1.165, 1.54) is 11.1 Å². The Morgan fingerprint density at radius 1 is 1.06 bits per heavy atom. The Kier molecular flexibility index (Phi) is 8.06. The van der Waals surface area contributed by atoms with Crippen molar-refractivity contribution in [3.8, 4) is 11.1 Å². The zero-order valence-corrected chi connectivity index (χ0v) is 20.2. The molecule has 2 aromatic carbocycles. The zero-order chi connectivity index (χ0) is 24.8. The van der Waals surface area contributed by atoms with Crippen molar-refractivity contribution in [3.05, 3.63) is 59.7 Å². The molecule has 7 heteroatoms. The van der Waals surface area contributed by atoms with Gasteiger partial charge in [0.1, 0.15) is 6.61 Å². The molecule has 35 heavy (non-hydrogen) atoms. The molecule has 2 N–H and O–H groups in total. The number of carboxylic acid groups (broad SMARTS) is 1. The molecule has 2 amide bonds. The molecule has 7 nitrogen and oxygen atoms in total. The number of nitrogens with one attached hydrogen (secondary N) is 1. The van der Waals surface area contributed by atoms with E-state index in [9.17, 15) is 14.4 Å². The van der Waals surface area contributed by atoms with Gasteiger partial charge in [0, 0.05) is 31.5 Å². The van der Waals surface area contributed by atoms with Crippen LogP contribution in [0.1, 0.15) is 62.5 Å². The van der Waals surface area contributed by atoms with Gasteiger partial charge < -0.3 is 20.1 Å². The largest absolute Gasteiger partial charge is 0.481 e. The van der Waals surface area contributed by atoms with Crippen molar-refractivity contribution in [1.29, 1.82) is 0 Å².